The third-order valence-corrected chi connectivity index (χ3v) is 19.9. The summed E-state index contributed by atoms with van der Waals surface area (Å²) in [6.07, 6.45) is 12.6. The number of piperidine rings is 3. The fourth-order valence-corrected chi connectivity index (χ4v) is 15.6. The number of carbonyl (C=O) groups is 3. The van der Waals surface area contributed by atoms with Gasteiger partial charge < -0.3 is 34.0 Å². The van der Waals surface area contributed by atoms with Crippen LogP contribution in [-0.4, -0.2) is 151 Å². The average Bonchev–Trinajstić information content (AvgIpc) is 3.88. The summed E-state index contributed by atoms with van der Waals surface area (Å²) < 4.78 is 54.6. The largest absolute Gasteiger partial charge is 0.508 e. The molecule has 420 valence electrons. The number of hydrogen-bond acceptors (Lipinski definition) is 14. The number of hydrogen-bond donors (Lipinski definition) is 2. The summed E-state index contributed by atoms with van der Waals surface area (Å²) in [4.78, 5) is 74.9. The van der Waals surface area contributed by atoms with Crippen molar-refractivity contribution in [3.63, 3.8) is 0 Å². The number of amides is 3. The maximum Gasteiger partial charge on any atom is 0.409 e. The molecule has 1 aliphatic carbocycles. The van der Waals surface area contributed by atoms with Gasteiger partial charge in [0.25, 0.3) is 0 Å². The molecule has 0 bridgehead atoms. The highest BCUT2D eigenvalue weighted by molar-refractivity contribution is 6.02. The van der Waals surface area contributed by atoms with Gasteiger partial charge in [0.1, 0.15) is 47.9 Å². The number of likely N-dealkylation sites (tertiary alicyclic amines) is 2. The van der Waals surface area contributed by atoms with E-state index in [1.807, 2.05) is 17.9 Å². The number of imide groups is 1. The lowest BCUT2D eigenvalue weighted by molar-refractivity contribution is -0.151. The average molecular weight is 1100 g/mol. The van der Waals surface area contributed by atoms with Crippen LogP contribution in [0.3, 0.4) is 0 Å². The highest BCUT2D eigenvalue weighted by Gasteiger charge is 2.56. The van der Waals surface area contributed by atoms with Crippen LogP contribution in [0.1, 0.15) is 113 Å². The van der Waals surface area contributed by atoms with Crippen LogP contribution >= 0.6 is 0 Å². The third kappa shape index (κ3) is 8.51. The summed E-state index contributed by atoms with van der Waals surface area (Å²) in [7, 11) is 1.74. The van der Waals surface area contributed by atoms with Crippen LogP contribution in [0.4, 0.5) is 19.4 Å². The molecule has 1 saturated carbocycles. The van der Waals surface area contributed by atoms with Gasteiger partial charge in [-0.25, -0.2) is 18.4 Å². The van der Waals surface area contributed by atoms with E-state index in [0.29, 0.717) is 97.3 Å². The minimum absolute atomic E-state index is 0.0304. The van der Waals surface area contributed by atoms with E-state index >= 15 is 8.78 Å². The van der Waals surface area contributed by atoms with Crippen LogP contribution in [0.5, 0.6) is 11.8 Å². The Balaban J connectivity index is 0.604. The number of pyridine rings is 1. The number of ether oxygens (including phenoxy) is 3. The molecule has 4 atom stereocenters. The molecular weight excluding hydrogens is 1030 g/mol. The molecule has 10 heterocycles. The van der Waals surface area contributed by atoms with Crippen molar-refractivity contribution in [1.82, 2.24) is 44.1 Å². The van der Waals surface area contributed by atoms with Crippen molar-refractivity contribution in [1.29, 1.82) is 0 Å². The predicted molar refractivity (Wildman–Crippen MR) is 294 cm³/mol. The topological polar surface area (TPSA) is 190 Å². The maximum absolute atomic E-state index is 17.4. The molecule has 3 aromatic carbocycles. The summed E-state index contributed by atoms with van der Waals surface area (Å²) >= 11 is 0. The van der Waals surface area contributed by atoms with E-state index in [2.05, 4.69) is 37.1 Å². The second-order valence-electron chi connectivity index (χ2n) is 24.5. The summed E-state index contributed by atoms with van der Waals surface area (Å²) in [6.45, 7) is 8.64. The minimum atomic E-state index is -0.711. The Morgan fingerprint density at radius 2 is 1.73 bits per heavy atom. The number of carbonyl (C=O) groups excluding carboxylic acids is 3. The van der Waals surface area contributed by atoms with Crippen molar-refractivity contribution < 1.29 is 42.5 Å². The molecule has 14 rings (SSSR count). The fourth-order valence-electron chi connectivity index (χ4n) is 15.6. The Morgan fingerprint density at radius 1 is 0.912 bits per heavy atom. The monoisotopic (exact) mass is 1090 g/mol. The van der Waals surface area contributed by atoms with Gasteiger partial charge in [0.05, 0.1) is 34.2 Å². The molecule has 8 aliphatic rings. The number of imidazole rings is 1. The first-order valence-corrected chi connectivity index (χ1v) is 29.0. The van der Waals surface area contributed by atoms with Crippen LogP contribution in [0.2, 0.25) is 0 Å². The number of phenolic OH excluding ortho intramolecular Hbond substituents is 1. The van der Waals surface area contributed by atoms with Crippen LogP contribution in [-0.2, 0) is 32.5 Å². The smallest absolute Gasteiger partial charge is 0.409 e. The molecular formula is C60H68F2N10O8. The number of rotatable bonds is 11. The van der Waals surface area contributed by atoms with E-state index in [1.165, 1.54) is 22.3 Å². The molecule has 0 radical (unpaired) electrons. The second-order valence-corrected chi connectivity index (χ2v) is 24.5. The number of nitrogens with zero attached hydrogens (tertiary/aromatic N) is 9. The summed E-state index contributed by atoms with van der Waals surface area (Å²) in [5.74, 6) is -1.07. The Labute approximate surface area is 461 Å². The lowest BCUT2D eigenvalue weighted by Crippen LogP contribution is -2.68. The number of benzene rings is 3. The first-order valence-electron chi connectivity index (χ1n) is 29.0. The van der Waals surface area contributed by atoms with Crippen molar-refractivity contribution in [2.45, 2.75) is 132 Å². The molecule has 2 spiro atoms. The van der Waals surface area contributed by atoms with Crippen molar-refractivity contribution in [3.05, 3.63) is 81.9 Å². The number of aryl methyl sites for hydroxylation is 2. The van der Waals surface area contributed by atoms with E-state index in [4.69, 9.17) is 24.2 Å². The molecule has 1 unspecified atom stereocenters. The minimum Gasteiger partial charge on any atom is -0.508 e. The van der Waals surface area contributed by atoms with Gasteiger partial charge >= 0.3 is 17.8 Å². The Kier molecular flexibility index (Phi) is 12.5. The van der Waals surface area contributed by atoms with Crippen molar-refractivity contribution in [3.8, 4) is 23.0 Å². The number of fused-ring (bicyclic) bond motifs is 4. The van der Waals surface area contributed by atoms with E-state index in [1.54, 1.807) is 29.9 Å². The number of halogens is 2. The van der Waals surface area contributed by atoms with Gasteiger partial charge in [0.2, 0.25) is 11.8 Å². The Morgan fingerprint density at radius 3 is 2.50 bits per heavy atom. The van der Waals surface area contributed by atoms with Crippen molar-refractivity contribution in [2.24, 2.45) is 12.5 Å². The number of aromatic nitrogens is 5. The third-order valence-electron chi connectivity index (χ3n) is 19.9. The van der Waals surface area contributed by atoms with Crippen LogP contribution in [0.25, 0.3) is 44.0 Å². The van der Waals surface area contributed by atoms with Gasteiger partial charge in [-0.3, -0.25) is 33.9 Å². The Bertz CT molecular complexity index is 3580. The molecule has 7 aliphatic heterocycles. The lowest BCUT2D eigenvalue weighted by Gasteiger charge is -2.61. The summed E-state index contributed by atoms with van der Waals surface area (Å²) in [5.41, 5.74) is 2.64. The molecule has 7 saturated heterocycles. The number of phenols is 1. The van der Waals surface area contributed by atoms with E-state index in [9.17, 15) is 24.3 Å². The zero-order valence-electron chi connectivity index (χ0n) is 45.5. The number of nitrogens with one attached hydrogen (secondary N) is 1. The van der Waals surface area contributed by atoms with E-state index in [0.717, 1.165) is 95.8 Å². The standard InChI is InChI=1S/C60H68F2N10O8/c1-3-41-44(61)8-6-37-24-40(73)26-42(49(37)41)51-50(62)52-43(29-63-51)53(69-19-5-16-60(33-69)18-23-80-60)66-55(65-52)79-34-59-15-4-20-71(59)38(12-17-59)30-78-57(77)70-31-58(32-70)27-39(28-58)68-21-13-35(14-22-68)36-7-9-45-47(25-36)67(2)56(76)72(45)46-10-11-48(74)64-54(46)75/h6-9,24-26,29,35,38-39,46,73H,3-5,10-23,27-28,30-34H2,1-2H3,(H,64,74,75)/t38-,46?,59-,60-/m0/s1. The zero-order valence-corrected chi connectivity index (χ0v) is 45.5. The maximum atomic E-state index is 17.4. The number of aromatic hydroxyl groups is 1. The van der Waals surface area contributed by atoms with Crippen LogP contribution in [0.15, 0.2) is 53.5 Å². The van der Waals surface area contributed by atoms with E-state index in [-0.39, 0.29) is 81.8 Å². The molecule has 20 heteroatoms. The van der Waals surface area contributed by atoms with Gasteiger partial charge in [-0.15, -0.1) is 0 Å². The summed E-state index contributed by atoms with van der Waals surface area (Å²) in [6, 6.07) is 12.0. The molecule has 3 aromatic heterocycles. The van der Waals surface area contributed by atoms with Gasteiger partial charge in [-0.2, -0.15) is 9.97 Å². The molecule has 80 heavy (non-hydrogen) atoms. The fraction of sp³-hybridized carbons (Fsp3) is 0.550. The predicted octanol–water partition coefficient (Wildman–Crippen LogP) is 7.64. The van der Waals surface area contributed by atoms with Gasteiger partial charge in [0, 0.05) is 75.3 Å². The second kappa shape index (κ2) is 19.5. The molecule has 2 N–H and O–H groups in total. The van der Waals surface area contributed by atoms with E-state index < -0.39 is 23.6 Å². The van der Waals surface area contributed by atoms with Crippen molar-refractivity contribution in [2.75, 3.05) is 70.5 Å². The highest BCUT2D eigenvalue weighted by Crippen LogP contribution is 2.52. The van der Waals surface area contributed by atoms with Crippen molar-refractivity contribution >= 4 is 56.4 Å². The normalized spacial score (nSPS) is 26.3. The van der Waals surface area contributed by atoms with Gasteiger partial charge in [-0.1, -0.05) is 19.1 Å². The lowest BCUT2D eigenvalue weighted by atomic mass is 9.60. The van der Waals surface area contributed by atoms with Crippen LogP contribution in [0, 0.1) is 17.0 Å². The zero-order chi connectivity index (χ0) is 54.8. The first-order chi connectivity index (χ1) is 38.7. The number of anilines is 1. The van der Waals surface area contributed by atoms with Gasteiger partial charge in [0.15, 0.2) is 5.82 Å². The quantitative estimate of drug-likeness (QED) is 0.120. The SMILES string of the molecule is CCc1c(F)ccc2cc(O)cc(-c3ncc4c(N5CCC[C@]6(CCO6)C5)nc(OC[C@@]56CCCN5[C@H](COC(=O)N5CC7(CC(N8CCC(c9ccc%10c(c9)n(C)c(=O)n%10C9CCC(=O)NC9=O)CC8)C7)C5)CC6)nc4c3F)c12. The summed E-state index contributed by atoms with van der Waals surface area (Å²) in [5, 5.41) is 14.7. The Hall–Kier alpha value is -6.77. The molecule has 6 aromatic rings. The van der Waals surface area contributed by atoms with Crippen LogP contribution < -0.4 is 20.6 Å². The molecule has 3 amide bonds. The first kappa shape index (κ1) is 51.4. The molecule has 8 fully saturated rings. The highest BCUT2D eigenvalue weighted by atomic mass is 19.1. The molecule has 18 nitrogen and oxygen atoms in total. The van der Waals surface area contributed by atoms with Gasteiger partial charge in [-0.05, 0) is 155 Å².